The van der Waals surface area contributed by atoms with Crippen LogP contribution in [-0.4, -0.2) is 23.1 Å². The van der Waals surface area contributed by atoms with Gasteiger partial charge in [0.25, 0.3) is 0 Å². The fourth-order valence-corrected chi connectivity index (χ4v) is 5.37. The molecule has 4 aliphatic rings. The highest BCUT2D eigenvalue weighted by Gasteiger charge is 2.59. The lowest BCUT2D eigenvalue weighted by molar-refractivity contribution is -0.139. The second-order valence-corrected chi connectivity index (χ2v) is 7.52. The first-order valence-corrected chi connectivity index (χ1v) is 7.22. The van der Waals surface area contributed by atoms with Crippen LogP contribution in [-0.2, 0) is 9.53 Å². The van der Waals surface area contributed by atoms with Gasteiger partial charge in [0.2, 0.25) is 0 Å². The smallest absolute Gasteiger partial charge is 0.168 e. The normalized spacial score (nSPS) is 49.1. The lowest BCUT2D eigenvalue weighted by Crippen LogP contribution is -2.59. The Morgan fingerprint density at radius 3 is 2.75 bits per heavy atom. The number of Topliss-reactive ketones (excluding diaryl/α,β-unsaturated/α-hetero) is 1. The third-order valence-corrected chi connectivity index (χ3v) is 6.73. The molecule has 1 saturated heterocycles. The van der Waals surface area contributed by atoms with Gasteiger partial charge in [0, 0.05) is 5.25 Å². The van der Waals surface area contributed by atoms with Crippen molar-refractivity contribution in [2.45, 2.75) is 44.3 Å². The summed E-state index contributed by atoms with van der Waals surface area (Å²) in [5.41, 5.74) is 0.343. The lowest BCUT2D eigenvalue weighted by atomic mass is 9.45. The molecule has 1 aliphatic heterocycles. The Morgan fingerprint density at radius 2 is 2.12 bits per heavy atom. The summed E-state index contributed by atoms with van der Waals surface area (Å²) in [5, 5.41) is 0.680. The molecule has 0 aromatic rings. The van der Waals surface area contributed by atoms with E-state index in [1.807, 2.05) is 0 Å². The highest BCUT2D eigenvalue weighted by Crippen LogP contribution is 2.64. The largest absolute Gasteiger partial charge is 0.359 e. The highest BCUT2D eigenvalue weighted by atomic mass is 32.2. The van der Waals surface area contributed by atoms with Crippen LogP contribution in [0.15, 0.2) is 0 Å². The van der Waals surface area contributed by atoms with Gasteiger partial charge in [-0.2, -0.15) is 0 Å². The Kier molecular flexibility index (Phi) is 2.42. The van der Waals surface area contributed by atoms with Gasteiger partial charge in [-0.1, -0.05) is 13.8 Å². The summed E-state index contributed by atoms with van der Waals surface area (Å²) in [6.45, 7) is 7.27. The van der Waals surface area contributed by atoms with Crippen molar-refractivity contribution in [3.8, 4) is 0 Å². The zero-order valence-electron chi connectivity index (χ0n) is 10.2. The third-order valence-electron chi connectivity index (χ3n) is 5.13. The second-order valence-electron chi connectivity index (χ2n) is 6.21. The zero-order valence-corrected chi connectivity index (χ0v) is 11.0. The number of ether oxygens (including phenoxy) is 1. The first-order valence-electron chi connectivity index (χ1n) is 6.27. The second kappa shape index (κ2) is 3.49. The van der Waals surface area contributed by atoms with E-state index in [-0.39, 0.29) is 11.2 Å². The summed E-state index contributed by atoms with van der Waals surface area (Å²) in [6, 6.07) is 0. The maximum atomic E-state index is 11.3. The molecule has 90 valence electrons. The van der Waals surface area contributed by atoms with Crippen molar-refractivity contribution >= 4 is 17.5 Å². The highest BCUT2D eigenvalue weighted by molar-refractivity contribution is 8.01. The van der Waals surface area contributed by atoms with Crippen LogP contribution in [0.4, 0.5) is 0 Å². The fourth-order valence-electron chi connectivity index (χ4n) is 3.89. The van der Waals surface area contributed by atoms with Crippen LogP contribution >= 0.6 is 11.8 Å². The standard InChI is InChI=1S/C13H20O2S/c1-7(14)12-15-6-9-10-4-8(13(10,2)3)5-11(9)16-12/h8-12H,4-6H2,1-3H3/t8-,9+,10+,11+,12-/m1/s1. The zero-order chi connectivity index (χ0) is 11.5. The summed E-state index contributed by atoms with van der Waals surface area (Å²) in [6.07, 6.45) is 2.69. The van der Waals surface area contributed by atoms with Crippen LogP contribution < -0.4 is 0 Å². The number of hydrogen-bond donors (Lipinski definition) is 0. The van der Waals surface area contributed by atoms with Gasteiger partial charge >= 0.3 is 0 Å². The molecular weight excluding hydrogens is 220 g/mol. The fraction of sp³-hybridized carbons (Fsp3) is 0.923. The van der Waals surface area contributed by atoms with Crippen molar-refractivity contribution in [1.82, 2.24) is 0 Å². The molecule has 4 fully saturated rings. The molecule has 3 saturated carbocycles. The number of ketones is 1. The quantitative estimate of drug-likeness (QED) is 0.705. The van der Waals surface area contributed by atoms with E-state index in [2.05, 4.69) is 13.8 Å². The van der Waals surface area contributed by atoms with Gasteiger partial charge in [-0.05, 0) is 42.9 Å². The monoisotopic (exact) mass is 240 g/mol. The molecule has 1 heterocycles. The Bertz CT molecular complexity index is 326. The first kappa shape index (κ1) is 11.1. The van der Waals surface area contributed by atoms with E-state index < -0.39 is 0 Å². The summed E-state index contributed by atoms with van der Waals surface area (Å²) in [7, 11) is 0. The van der Waals surface area contributed by atoms with Gasteiger partial charge in [-0.3, -0.25) is 4.79 Å². The molecule has 0 N–H and O–H groups in total. The Balaban J connectivity index is 1.74. The molecule has 4 rings (SSSR count). The molecule has 16 heavy (non-hydrogen) atoms. The van der Waals surface area contributed by atoms with E-state index in [4.69, 9.17) is 4.74 Å². The minimum absolute atomic E-state index is 0.179. The minimum Gasteiger partial charge on any atom is -0.359 e. The molecule has 0 unspecified atom stereocenters. The van der Waals surface area contributed by atoms with Gasteiger partial charge in [0.05, 0.1) is 6.61 Å². The number of rotatable bonds is 1. The number of hydrogen-bond acceptors (Lipinski definition) is 3. The van der Waals surface area contributed by atoms with E-state index in [0.29, 0.717) is 16.6 Å². The molecule has 2 nitrogen and oxygen atoms in total. The van der Waals surface area contributed by atoms with Gasteiger partial charge < -0.3 is 4.74 Å². The van der Waals surface area contributed by atoms with Crippen molar-refractivity contribution in [3.05, 3.63) is 0 Å². The topological polar surface area (TPSA) is 26.3 Å². The summed E-state index contributed by atoms with van der Waals surface area (Å²) in [5.74, 6) is 2.59. The molecular formula is C13H20O2S. The summed E-state index contributed by atoms with van der Waals surface area (Å²) < 4.78 is 5.71. The van der Waals surface area contributed by atoms with Gasteiger partial charge in [0.15, 0.2) is 11.2 Å². The Morgan fingerprint density at radius 1 is 1.38 bits per heavy atom. The molecule has 0 spiro atoms. The van der Waals surface area contributed by atoms with Crippen LogP contribution in [0.3, 0.4) is 0 Å². The van der Waals surface area contributed by atoms with Crippen molar-refractivity contribution in [1.29, 1.82) is 0 Å². The maximum absolute atomic E-state index is 11.3. The number of carbonyl (C=O) groups is 1. The number of thioether (sulfide) groups is 1. The third kappa shape index (κ3) is 1.40. The van der Waals surface area contributed by atoms with Crippen molar-refractivity contribution in [2.75, 3.05) is 6.61 Å². The van der Waals surface area contributed by atoms with Crippen molar-refractivity contribution < 1.29 is 9.53 Å². The van der Waals surface area contributed by atoms with Crippen LogP contribution in [0.25, 0.3) is 0 Å². The van der Waals surface area contributed by atoms with Crippen molar-refractivity contribution in [3.63, 3.8) is 0 Å². The summed E-state index contributed by atoms with van der Waals surface area (Å²) in [4.78, 5) is 11.3. The molecule has 2 bridgehead atoms. The van der Waals surface area contributed by atoms with Gasteiger partial charge in [-0.15, -0.1) is 11.8 Å². The SMILES string of the molecule is CC(=O)[C@@H]1OC[C@@H]2[C@H](C[C@H]3C[C@@H]2C3(C)C)S1. The first-order chi connectivity index (χ1) is 7.50. The average Bonchev–Trinajstić information content (AvgIpc) is 2.27. The molecule has 3 aliphatic carbocycles. The predicted octanol–water partition coefficient (Wildman–Crippen LogP) is 2.72. The average molecular weight is 240 g/mol. The Hall–Kier alpha value is -0.0200. The lowest BCUT2D eigenvalue weighted by Gasteiger charge is -2.63. The molecule has 0 amide bonds. The molecule has 0 aromatic carbocycles. The van der Waals surface area contributed by atoms with Crippen LogP contribution in [0.2, 0.25) is 0 Å². The molecule has 5 atom stereocenters. The van der Waals surface area contributed by atoms with E-state index in [1.165, 1.54) is 12.8 Å². The van der Waals surface area contributed by atoms with E-state index in [0.717, 1.165) is 18.4 Å². The van der Waals surface area contributed by atoms with Crippen molar-refractivity contribution in [2.24, 2.45) is 23.2 Å². The van der Waals surface area contributed by atoms with Crippen LogP contribution in [0.1, 0.15) is 33.6 Å². The number of carbonyl (C=O) groups excluding carboxylic acids is 1. The van der Waals surface area contributed by atoms with E-state index >= 15 is 0 Å². The predicted molar refractivity (Wildman–Crippen MR) is 65.3 cm³/mol. The molecule has 3 heteroatoms. The van der Waals surface area contributed by atoms with E-state index in [1.54, 1.807) is 18.7 Å². The molecule has 0 aromatic heterocycles. The van der Waals surface area contributed by atoms with Crippen LogP contribution in [0, 0.1) is 23.2 Å². The maximum Gasteiger partial charge on any atom is 0.168 e. The van der Waals surface area contributed by atoms with Crippen LogP contribution in [0.5, 0.6) is 0 Å². The minimum atomic E-state index is -0.179. The van der Waals surface area contributed by atoms with Gasteiger partial charge in [0.1, 0.15) is 0 Å². The Labute approximate surface area is 101 Å². The van der Waals surface area contributed by atoms with Gasteiger partial charge in [-0.25, -0.2) is 0 Å². The molecule has 0 radical (unpaired) electrons. The van der Waals surface area contributed by atoms with E-state index in [9.17, 15) is 4.79 Å². The summed E-state index contributed by atoms with van der Waals surface area (Å²) >= 11 is 1.79.